The minimum absolute atomic E-state index is 0.561. The molecule has 1 aromatic rings. The number of hydrogen-bond donors (Lipinski definition) is 0. The van der Waals surface area contributed by atoms with Crippen LogP contribution in [0.1, 0.15) is 37.4 Å². The molecule has 1 atom stereocenters. The standard InChI is InChI=1S/C13H21N/c1-5-11-9-7-8-10-12(11)13(6-2)14(3)4/h7-10,13H,5-6H2,1-4H3. The maximum absolute atomic E-state index is 2.30. The maximum Gasteiger partial charge on any atom is 0.0342 e. The monoisotopic (exact) mass is 191 g/mol. The van der Waals surface area contributed by atoms with Gasteiger partial charge in [-0.2, -0.15) is 0 Å². The van der Waals surface area contributed by atoms with Gasteiger partial charge in [0.15, 0.2) is 0 Å². The summed E-state index contributed by atoms with van der Waals surface area (Å²) in [6.45, 7) is 4.47. The van der Waals surface area contributed by atoms with Crippen LogP contribution in [0.2, 0.25) is 0 Å². The Morgan fingerprint density at radius 2 is 1.79 bits per heavy atom. The first-order valence-corrected chi connectivity index (χ1v) is 5.44. The second-order valence-corrected chi connectivity index (χ2v) is 3.94. The second kappa shape index (κ2) is 5.16. The van der Waals surface area contributed by atoms with Crippen LogP contribution < -0.4 is 0 Å². The molecule has 1 unspecified atom stereocenters. The molecule has 0 radical (unpaired) electrons. The molecule has 0 bridgehead atoms. The Balaban J connectivity index is 3.02. The number of rotatable bonds is 4. The van der Waals surface area contributed by atoms with Crippen molar-refractivity contribution in [1.82, 2.24) is 4.90 Å². The van der Waals surface area contributed by atoms with Crippen LogP contribution in [0.15, 0.2) is 24.3 Å². The van der Waals surface area contributed by atoms with E-state index in [1.165, 1.54) is 17.5 Å². The van der Waals surface area contributed by atoms with Gasteiger partial charge >= 0.3 is 0 Å². The molecule has 1 nitrogen and oxygen atoms in total. The lowest BCUT2D eigenvalue weighted by Gasteiger charge is -2.25. The van der Waals surface area contributed by atoms with Crippen LogP contribution >= 0.6 is 0 Å². The maximum atomic E-state index is 2.30. The smallest absolute Gasteiger partial charge is 0.0342 e. The van der Waals surface area contributed by atoms with Crippen LogP contribution in [0, 0.1) is 0 Å². The summed E-state index contributed by atoms with van der Waals surface area (Å²) in [5, 5.41) is 0. The molecule has 0 saturated carbocycles. The Kier molecular flexibility index (Phi) is 4.15. The van der Waals surface area contributed by atoms with Crippen LogP contribution in [0.5, 0.6) is 0 Å². The van der Waals surface area contributed by atoms with Gasteiger partial charge in [0, 0.05) is 6.04 Å². The first-order chi connectivity index (χ1) is 6.70. The molecule has 0 heterocycles. The van der Waals surface area contributed by atoms with Crippen LogP contribution in [-0.2, 0) is 6.42 Å². The van der Waals surface area contributed by atoms with E-state index in [0.29, 0.717) is 6.04 Å². The minimum atomic E-state index is 0.561. The third-order valence-corrected chi connectivity index (χ3v) is 2.81. The molecule has 0 aliphatic heterocycles. The highest BCUT2D eigenvalue weighted by Crippen LogP contribution is 2.25. The summed E-state index contributed by atoms with van der Waals surface area (Å²) >= 11 is 0. The average Bonchev–Trinajstić information content (AvgIpc) is 2.19. The van der Waals surface area contributed by atoms with Gasteiger partial charge in [0.25, 0.3) is 0 Å². The zero-order valence-electron chi connectivity index (χ0n) is 9.75. The van der Waals surface area contributed by atoms with Gasteiger partial charge in [-0.05, 0) is 38.1 Å². The summed E-state index contributed by atoms with van der Waals surface area (Å²) < 4.78 is 0. The van der Waals surface area contributed by atoms with E-state index in [2.05, 4.69) is 57.1 Å². The lowest BCUT2D eigenvalue weighted by atomic mass is 9.96. The van der Waals surface area contributed by atoms with Gasteiger partial charge in [-0.25, -0.2) is 0 Å². The molecule has 0 amide bonds. The summed E-state index contributed by atoms with van der Waals surface area (Å²) in [6, 6.07) is 9.32. The van der Waals surface area contributed by atoms with Gasteiger partial charge in [0.05, 0.1) is 0 Å². The van der Waals surface area contributed by atoms with Crippen molar-refractivity contribution in [1.29, 1.82) is 0 Å². The molecule has 0 aliphatic carbocycles. The van der Waals surface area contributed by atoms with Gasteiger partial charge in [0.1, 0.15) is 0 Å². The number of hydrogen-bond acceptors (Lipinski definition) is 1. The summed E-state index contributed by atoms with van der Waals surface area (Å²) in [5.41, 5.74) is 2.97. The molecule has 0 aliphatic rings. The molecule has 1 rings (SSSR count). The van der Waals surface area contributed by atoms with Crippen molar-refractivity contribution in [3.8, 4) is 0 Å². The molecule has 0 spiro atoms. The van der Waals surface area contributed by atoms with E-state index in [-0.39, 0.29) is 0 Å². The van der Waals surface area contributed by atoms with Crippen molar-refractivity contribution >= 4 is 0 Å². The van der Waals surface area contributed by atoms with Crippen LogP contribution in [0.25, 0.3) is 0 Å². The van der Waals surface area contributed by atoms with Crippen LogP contribution in [0.4, 0.5) is 0 Å². The normalized spacial score (nSPS) is 13.2. The van der Waals surface area contributed by atoms with Crippen molar-refractivity contribution < 1.29 is 0 Å². The SMILES string of the molecule is CCc1ccccc1C(CC)N(C)C. The van der Waals surface area contributed by atoms with Crippen molar-refractivity contribution in [2.45, 2.75) is 32.7 Å². The molecule has 1 heteroatoms. The van der Waals surface area contributed by atoms with E-state index >= 15 is 0 Å². The van der Waals surface area contributed by atoms with Crippen molar-refractivity contribution in [3.05, 3.63) is 35.4 Å². The molecule has 0 N–H and O–H groups in total. The van der Waals surface area contributed by atoms with Crippen molar-refractivity contribution in [2.75, 3.05) is 14.1 Å². The van der Waals surface area contributed by atoms with Crippen molar-refractivity contribution in [3.63, 3.8) is 0 Å². The topological polar surface area (TPSA) is 3.24 Å². The molecule has 1 aromatic carbocycles. The van der Waals surface area contributed by atoms with E-state index in [1.807, 2.05) is 0 Å². The molecular weight excluding hydrogens is 170 g/mol. The summed E-state index contributed by atoms with van der Waals surface area (Å²) in [4.78, 5) is 2.30. The fourth-order valence-electron chi connectivity index (χ4n) is 2.04. The third kappa shape index (κ3) is 2.36. The quantitative estimate of drug-likeness (QED) is 0.706. The summed E-state index contributed by atoms with van der Waals surface area (Å²) in [5.74, 6) is 0. The van der Waals surface area contributed by atoms with E-state index < -0.39 is 0 Å². The van der Waals surface area contributed by atoms with Crippen LogP contribution in [-0.4, -0.2) is 19.0 Å². The molecule has 0 saturated heterocycles. The Hall–Kier alpha value is -0.820. The predicted molar refractivity (Wildman–Crippen MR) is 62.5 cm³/mol. The number of benzene rings is 1. The van der Waals surface area contributed by atoms with Gasteiger partial charge in [-0.3, -0.25) is 0 Å². The molecule has 14 heavy (non-hydrogen) atoms. The fraction of sp³-hybridized carbons (Fsp3) is 0.538. The highest BCUT2D eigenvalue weighted by molar-refractivity contribution is 5.29. The first kappa shape index (κ1) is 11.3. The highest BCUT2D eigenvalue weighted by Gasteiger charge is 2.13. The molecular formula is C13H21N. The van der Waals surface area contributed by atoms with Crippen molar-refractivity contribution in [2.24, 2.45) is 0 Å². The molecule has 0 aromatic heterocycles. The molecule has 0 fully saturated rings. The van der Waals surface area contributed by atoms with Gasteiger partial charge in [-0.1, -0.05) is 38.1 Å². The van der Waals surface area contributed by atoms with E-state index in [4.69, 9.17) is 0 Å². The van der Waals surface area contributed by atoms with Crippen LogP contribution in [0.3, 0.4) is 0 Å². The highest BCUT2D eigenvalue weighted by atomic mass is 15.1. The zero-order valence-corrected chi connectivity index (χ0v) is 9.75. The Bertz CT molecular complexity index is 278. The second-order valence-electron chi connectivity index (χ2n) is 3.94. The third-order valence-electron chi connectivity index (χ3n) is 2.81. The summed E-state index contributed by atoms with van der Waals surface area (Å²) in [6.07, 6.45) is 2.30. The lowest BCUT2D eigenvalue weighted by Crippen LogP contribution is -2.20. The zero-order chi connectivity index (χ0) is 10.6. The Labute approximate surface area is 87.7 Å². The Morgan fingerprint density at radius 3 is 2.29 bits per heavy atom. The number of nitrogens with zero attached hydrogens (tertiary/aromatic N) is 1. The fourth-order valence-corrected chi connectivity index (χ4v) is 2.04. The minimum Gasteiger partial charge on any atom is -0.302 e. The largest absolute Gasteiger partial charge is 0.302 e. The lowest BCUT2D eigenvalue weighted by molar-refractivity contribution is 0.290. The van der Waals surface area contributed by atoms with Gasteiger partial charge in [0.2, 0.25) is 0 Å². The first-order valence-electron chi connectivity index (χ1n) is 5.44. The van der Waals surface area contributed by atoms with E-state index in [9.17, 15) is 0 Å². The Morgan fingerprint density at radius 1 is 1.14 bits per heavy atom. The van der Waals surface area contributed by atoms with E-state index in [1.54, 1.807) is 0 Å². The molecule has 78 valence electrons. The average molecular weight is 191 g/mol. The van der Waals surface area contributed by atoms with Gasteiger partial charge < -0.3 is 4.90 Å². The van der Waals surface area contributed by atoms with E-state index in [0.717, 1.165) is 6.42 Å². The van der Waals surface area contributed by atoms with Gasteiger partial charge in [-0.15, -0.1) is 0 Å². The predicted octanol–water partition coefficient (Wildman–Crippen LogP) is 3.26. The number of aryl methyl sites for hydroxylation is 1. The summed E-state index contributed by atoms with van der Waals surface area (Å²) in [7, 11) is 4.31.